The molecule has 0 atom stereocenters. The van der Waals surface area contributed by atoms with E-state index in [1.807, 2.05) is 20.8 Å². The molecule has 2 saturated heterocycles. The van der Waals surface area contributed by atoms with Gasteiger partial charge in [-0.15, -0.1) is 0 Å². The molecule has 2 rings (SSSR count). The number of likely N-dealkylation sites (tertiary alicyclic amines) is 2. The Bertz CT molecular complexity index is 367. The molecule has 2 aliphatic heterocycles. The first-order valence-electron chi connectivity index (χ1n) is 8.08. The molecule has 0 aliphatic carbocycles. The summed E-state index contributed by atoms with van der Waals surface area (Å²) in [5.74, 6) is 0.327. The summed E-state index contributed by atoms with van der Waals surface area (Å²) in [6, 6.07) is 0. The summed E-state index contributed by atoms with van der Waals surface area (Å²) < 4.78 is 0. The highest BCUT2D eigenvalue weighted by Gasteiger charge is 2.44. The zero-order valence-corrected chi connectivity index (χ0v) is 14.3. The molecule has 2 heterocycles. The van der Waals surface area contributed by atoms with E-state index in [0.717, 1.165) is 13.1 Å². The van der Waals surface area contributed by atoms with Crippen LogP contribution in [0.4, 0.5) is 0 Å². The molecule has 3 heteroatoms. The Morgan fingerprint density at radius 1 is 0.900 bits per heavy atom. The van der Waals surface area contributed by atoms with Gasteiger partial charge in [0.1, 0.15) is 0 Å². The number of carbonyl (C=O) groups excluding carboxylic acids is 1. The van der Waals surface area contributed by atoms with Crippen molar-refractivity contribution in [2.45, 2.75) is 66.3 Å². The number of carbonyl (C=O) groups is 1. The Morgan fingerprint density at radius 3 is 1.85 bits per heavy atom. The summed E-state index contributed by atoms with van der Waals surface area (Å²) in [6.07, 6.45) is 3.70. The molecule has 1 spiro atoms. The van der Waals surface area contributed by atoms with E-state index >= 15 is 0 Å². The maximum atomic E-state index is 12.4. The summed E-state index contributed by atoms with van der Waals surface area (Å²) in [6.45, 7) is 17.3. The van der Waals surface area contributed by atoms with Crippen LogP contribution in [-0.4, -0.2) is 47.4 Å². The van der Waals surface area contributed by atoms with E-state index in [2.05, 4.69) is 30.6 Å². The van der Waals surface area contributed by atoms with Gasteiger partial charge in [-0.3, -0.25) is 9.69 Å². The lowest BCUT2D eigenvalue weighted by Crippen LogP contribution is -2.50. The monoisotopic (exact) mass is 280 g/mol. The van der Waals surface area contributed by atoms with Gasteiger partial charge in [0.15, 0.2) is 0 Å². The normalized spacial score (nSPS) is 24.4. The third-order valence-electron chi connectivity index (χ3n) is 5.14. The van der Waals surface area contributed by atoms with E-state index in [-0.39, 0.29) is 11.0 Å². The Hall–Kier alpha value is -0.570. The Morgan fingerprint density at radius 2 is 1.40 bits per heavy atom. The van der Waals surface area contributed by atoms with Gasteiger partial charge in [-0.25, -0.2) is 0 Å². The van der Waals surface area contributed by atoms with Crippen LogP contribution >= 0.6 is 0 Å². The molecule has 20 heavy (non-hydrogen) atoms. The van der Waals surface area contributed by atoms with Crippen LogP contribution in [0.2, 0.25) is 0 Å². The van der Waals surface area contributed by atoms with Crippen molar-refractivity contribution in [1.82, 2.24) is 9.80 Å². The van der Waals surface area contributed by atoms with E-state index < -0.39 is 0 Å². The van der Waals surface area contributed by atoms with Gasteiger partial charge < -0.3 is 4.90 Å². The molecule has 1 amide bonds. The van der Waals surface area contributed by atoms with Gasteiger partial charge in [-0.1, -0.05) is 20.8 Å². The average Bonchev–Trinajstić information content (AvgIpc) is 2.70. The first-order valence-corrected chi connectivity index (χ1v) is 8.08. The van der Waals surface area contributed by atoms with Crippen molar-refractivity contribution in [3.05, 3.63) is 0 Å². The molecule has 2 aliphatic rings. The molecule has 0 unspecified atom stereocenters. The number of hydrogen-bond acceptors (Lipinski definition) is 2. The number of amides is 1. The highest BCUT2D eigenvalue weighted by molar-refractivity contribution is 5.81. The van der Waals surface area contributed by atoms with Crippen LogP contribution < -0.4 is 0 Å². The molecule has 2 fully saturated rings. The zero-order valence-electron chi connectivity index (χ0n) is 14.3. The molecule has 3 nitrogen and oxygen atoms in total. The van der Waals surface area contributed by atoms with Crippen LogP contribution in [-0.2, 0) is 4.79 Å². The largest absolute Gasteiger partial charge is 0.342 e. The predicted molar refractivity (Wildman–Crippen MR) is 83.6 cm³/mol. The maximum absolute atomic E-state index is 12.4. The zero-order chi connectivity index (χ0) is 15.2. The van der Waals surface area contributed by atoms with Crippen molar-refractivity contribution in [2.75, 3.05) is 26.2 Å². The third-order valence-corrected chi connectivity index (χ3v) is 5.14. The second-order valence-electron chi connectivity index (χ2n) is 8.88. The standard InChI is InChI=1S/C17H32N2O/c1-15(2,3)14(20)18-10-7-17(13-18)8-11-19(12-9-17)16(4,5)6/h7-13H2,1-6H3. The molecule has 0 aromatic heterocycles. The van der Waals surface area contributed by atoms with E-state index in [4.69, 9.17) is 0 Å². The van der Waals surface area contributed by atoms with Gasteiger partial charge in [0.05, 0.1) is 0 Å². The first kappa shape index (κ1) is 15.8. The molecule has 0 radical (unpaired) electrons. The lowest BCUT2D eigenvalue weighted by molar-refractivity contribution is -0.139. The molecule has 0 saturated carbocycles. The fourth-order valence-corrected chi connectivity index (χ4v) is 3.64. The predicted octanol–water partition coefficient (Wildman–Crippen LogP) is 3.15. The fraction of sp³-hybridized carbons (Fsp3) is 0.941. The van der Waals surface area contributed by atoms with Crippen molar-refractivity contribution in [3.63, 3.8) is 0 Å². The summed E-state index contributed by atoms with van der Waals surface area (Å²) in [7, 11) is 0. The SMILES string of the molecule is CC(C)(C)C(=O)N1CCC2(CCN(C(C)(C)C)CC2)C1. The van der Waals surface area contributed by atoms with E-state index in [1.165, 1.54) is 32.4 Å². The van der Waals surface area contributed by atoms with Gasteiger partial charge in [0.2, 0.25) is 5.91 Å². The van der Waals surface area contributed by atoms with Gasteiger partial charge in [-0.05, 0) is 58.5 Å². The summed E-state index contributed by atoms with van der Waals surface area (Å²) >= 11 is 0. The average molecular weight is 280 g/mol. The molecule has 0 aromatic rings. The van der Waals surface area contributed by atoms with Crippen LogP contribution in [0.1, 0.15) is 60.8 Å². The minimum Gasteiger partial charge on any atom is -0.342 e. The Labute approximate surface area is 124 Å². The third kappa shape index (κ3) is 3.19. The van der Waals surface area contributed by atoms with Crippen LogP contribution in [0.3, 0.4) is 0 Å². The fourth-order valence-electron chi connectivity index (χ4n) is 3.64. The highest BCUT2D eigenvalue weighted by Crippen LogP contribution is 2.42. The Balaban J connectivity index is 1.95. The summed E-state index contributed by atoms with van der Waals surface area (Å²) in [4.78, 5) is 17.1. The maximum Gasteiger partial charge on any atom is 0.227 e. The van der Waals surface area contributed by atoms with Crippen molar-refractivity contribution in [3.8, 4) is 0 Å². The molecule has 0 bridgehead atoms. The van der Waals surface area contributed by atoms with Crippen molar-refractivity contribution >= 4 is 5.91 Å². The highest BCUT2D eigenvalue weighted by atomic mass is 16.2. The summed E-state index contributed by atoms with van der Waals surface area (Å²) in [5.41, 5.74) is 0.446. The second-order valence-corrected chi connectivity index (χ2v) is 8.88. The molecule has 0 aromatic carbocycles. The molecular weight excluding hydrogens is 248 g/mol. The lowest BCUT2D eigenvalue weighted by atomic mass is 9.77. The van der Waals surface area contributed by atoms with Crippen LogP contribution in [0, 0.1) is 10.8 Å². The quantitative estimate of drug-likeness (QED) is 0.680. The van der Waals surface area contributed by atoms with Crippen molar-refractivity contribution < 1.29 is 4.79 Å². The smallest absolute Gasteiger partial charge is 0.227 e. The minimum atomic E-state index is -0.238. The topological polar surface area (TPSA) is 23.6 Å². The minimum absolute atomic E-state index is 0.238. The van der Waals surface area contributed by atoms with Crippen LogP contribution in [0.25, 0.3) is 0 Å². The van der Waals surface area contributed by atoms with Crippen molar-refractivity contribution in [1.29, 1.82) is 0 Å². The second kappa shape index (κ2) is 5.01. The molecular formula is C17H32N2O. The van der Waals surface area contributed by atoms with Gasteiger partial charge in [0, 0.05) is 24.0 Å². The van der Waals surface area contributed by atoms with Crippen LogP contribution in [0.5, 0.6) is 0 Å². The number of piperidine rings is 1. The summed E-state index contributed by atoms with van der Waals surface area (Å²) in [5, 5.41) is 0. The lowest BCUT2D eigenvalue weighted by Gasteiger charge is -2.45. The van der Waals surface area contributed by atoms with Gasteiger partial charge in [0.25, 0.3) is 0 Å². The van der Waals surface area contributed by atoms with Gasteiger partial charge >= 0.3 is 0 Å². The van der Waals surface area contributed by atoms with E-state index in [9.17, 15) is 4.79 Å². The van der Waals surface area contributed by atoms with E-state index in [0.29, 0.717) is 11.3 Å². The molecule has 116 valence electrons. The Kier molecular flexibility index (Phi) is 3.96. The van der Waals surface area contributed by atoms with Gasteiger partial charge in [-0.2, -0.15) is 0 Å². The number of hydrogen-bond donors (Lipinski definition) is 0. The van der Waals surface area contributed by atoms with Crippen molar-refractivity contribution in [2.24, 2.45) is 10.8 Å². The number of nitrogens with zero attached hydrogens (tertiary/aromatic N) is 2. The van der Waals surface area contributed by atoms with E-state index in [1.54, 1.807) is 0 Å². The first-order chi connectivity index (χ1) is 9.04. The number of rotatable bonds is 0. The van der Waals surface area contributed by atoms with Crippen LogP contribution in [0.15, 0.2) is 0 Å². The molecule has 0 N–H and O–H groups in total.